The second kappa shape index (κ2) is 6.58. The maximum atomic E-state index is 2.79. The highest BCUT2D eigenvalue weighted by molar-refractivity contribution is 5.32. The van der Waals surface area contributed by atoms with Crippen LogP contribution in [0.4, 0.5) is 0 Å². The number of likely N-dealkylation sites (tertiary alicyclic amines) is 1. The van der Waals surface area contributed by atoms with E-state index < -0.39 is 0 Å². The molecule has 1 aliphatic heterocycles. The van der Waals surface area contributed by atoms with Gasteiger partial charge in [0.1, 0.15) is 0 Å². The minimum absolute atomic E-state index is 0.702. The zero-order valence-electron chi connectivity index (χ0n) is 13.7. The Balaban J connectivity index is 1.42. The van der Waals surface area contributed by atoms with Crippen LogP contribution in [0.1, 0.15) is 62.1 Å². The lowest BCUT2D eigenvalue weighted by molar-refractivity contribution is 0.104. The fourth-order valence-corrected chi connectivity index (χ4v) is 5.00. The number of piperidine rings is 1. The highest BCUT2D eigenvalue weighted by Crippen LogP contribution is 2.38. The lowest BCUT2D eigenvalue weighted by atomic mass is 9.78. The maximum absolute atomic E-state index is 2.79. The lowest BCUT2D eigenvalue weighted by Gasteiger charge is -2.42. The summed E-state index contributed by atoms with van der Waals surface area (Å²) in [4.78, 5) is 2.79. The first kappa shape index (κ1) is 14.5. The van der Waals surface area contributed by atoms with Gasteiger partial charge in [0.05, 0.1) is 0 Å². The average molecular weight is 295 g/mol. The minimum atomic E-state index is 0.702. The molecule has 1 heterocycles. The molecule has 118 valence electrons. The number of benzene rings is 1. The molecule has 1 aromatic carbocycles. The Bertz CT molecular complexity index is 524. The zero-order valence-corrected chi connectivity index (χ0v) is 13.7. The Hall–Kier alpha value is -1.08. The Kier molecular flexibility index (Phi) is 4.34. The smallest absolute Gasteiger partial charge is 0.0350 e. The van der Waals surface area contributed by atoms with Gasteiger partial charge in [-0.05, 0) is 87.4 Å². The van der Waals surface area contributed by atoms with E-state index in [1.807, 2.05) is 0 Å². The summed E-state index contributed by atoms with van der Waals surface area (Å²) in [5, 5.41) is 0. The van der Waals surface area contributed by atoms with Crippen LogP contribution in [-0.4, -0.2) is 18.0 Å². The second-order valence-corrected chi connectivity index (χ2v) is 7.50. The standard InChI is InChI=1S/C21H29N/c1-2-7-17(8-3-1)18-13-15-22(16-14-18)21-12-6-10-19-9-4-5-11-20(19)21/h2,4-5,7,9,11,17-18,21H,1,3,6,8,10,12-16H2/t17-,21?/m1/s1. The number of fused-ring (bicyclic) bond motifs is 1. The molecule has 1 nitrogen and oxygen atoms in total. The summed E-state index contributed by atoms with van der Waals surface area (Å²) < 4.78 is 0. The maximum Gasteiger partial charge on any atom is 0.0350 e. The van der Waals surface area contributed by atoms with Crippen molar-refractivity contribution in [1.82, 2.24) is 4.90 Å². The fourth-order valence-electron chi connectivity index (χ4n) is 5.00. The van der Waals surface area contributed by atoms with Crippen molar-refractivity contribution in [2.75, 3.05) is 13.1 Å². The van der Waals surface area contributed by atoms with Gasteiger partial charge < -0.3 is 0 Å². The molecule has 2 aliphatic carbocycles. The molecule has 3 aliphatic rings. The predicted molar refractivity (Wildman–Crippen MR) is 92.9 cm³/mol. The van der Waals surface area contributed by atoms with Crippen LogP contribution in [-0.2, 0) is 6.42 Å². The third-order valence-electron chi connectivity index (χ3n) is 6.25. The topological polar surface area (TPSA) is 3.24 Å². The highest BCUT2D eigenvalue weighted by Gasteiger charge is 2.31. The van der Waals surface area contributed by atoms with Crippen LogP contribution in [0.3, 0.4) is 0 Å². The summed E-state index contributed by atoms with van der Waals surface area (Å²) in [7, 11) is 0. The fraction of sp³-hybridized carbons (Fsp3) is 0.619. The molecule has 0 spiro atoms. The molecule has 1 saturated heterocycles. The summed E-state index contributed by atoms with van der Waals surface area (Å²) in [5.41, 5.74) is 3.24. The summed E-state index contributed by atoms with van der Waals surface area (Å²) in [6.07, 6.45) is 16.0. The van der Waals surface area contributed by atoms with Gasteiger partial charge in [-0.1, -0.05) is 36.4 Å². The SMILES string of the molecule is C1=C[C@@H](C2CCN(C3CCCc4ccccc43)CC2)CCC1. The van der Waals surface area contributed by atoms with Gasteiger partial charge in [0.15, 0.2) is 0 Å². The van der Waals surface area contributed by atoms with E-state index in [9.17, 15) is 0 Å². The van der Waals surface area contributed by atoms with Gasteiger partial charge in [0.2, 0.25) is 0 Å². The van der Waals surface area contributed by atoms with Crippen molar-refractivity contribution in [3.05, 3.63) is 47.5 Å². The van der Waals surface area contributed by atoms with Gasteiger partial charge in [-0.25, -0.2) is 0 Å². The van der Waals surface area contributed by atoms with Gasteiger partial charge in [-0.3, -0.25) is 4.90 Å². The van der Waals surface area contributed by atoms with Gasteiger partial charge in [-0.15, -0.1) is 0 Å². The first-order valence-electron chi connectivity index (χ1n) is 9.40. The molecule has 0 saturated carbocycles. The van der Waals surface area contributed by atoms with Crippen LogP contribution < -0.4 is 0 Å². The van der Waals surface area contributed by atoms with Crippen LogP contribution in [0.5, 0.6) is 0 Å². The number of hydrogen-bond donors (Lipinski definition) is 0. The Morgan fingerprint density at radius 1 is 0.909 bits per heavy atom. The normalized spacial score (nSPS) is 30.2. The molecule has 1 aromatic rings. The van der Waals surface area contributed by atoms with E-state index in [2.05, 4.69) is 41.3 Å². The summed E-state index contributed by atoms with van der Waals surface area (Å²) in [5.74, 6) is 1.83. The number of rotatable bonds is 2. The van der Waals surface area contributed by atoms with Crippen LogP contribution in [0.25, 0.3) is 0 Å². The molecular weight excluding hydrogens is 266 g/mol. The first-order valence-corrected chi connectivity index (χ1v) is 9.40. The molecule has 22 heavy (non-hydrogen) atoms. The predicted octanol–water partition coefficient (Wildman–Crippen LogP) is 5.13. The van der Waals surface area contributed by atoms with E-state index in [1.54, 1.807) is 11.1 Å². The second-order valence-electron chi connectivity index (χ2n) is 7.50. The van der Waals surface area contributed by atoms with Gasteiger partial charge in [0.25, 0.3) is 0 Å². The lowest BCUT2D eigenvalue weighted by Crippen LogP contribution is -2.39. The quantitative estimate of drug-likeness (QED) is 0.683. The number of nitrogens with zero attached hydrogens (tertiary/aromatic N) is 1. The Morgan fingerprint density at radius 3 is 2.59 bits per heavy atom. The first-order chi connectivity index (χ1) is 10.9. The molecule has 1 fully saturated rings. The summed E-state index contributed by atoms with van der Waals surface area (Å²) in [6, 6.07) is 9.88. The van der Waals surface area contributed by atoms with Crippen molar-refractivity contribution in [1.29, 1.82) is 0 Å². The average Bonchev–Trinajstić information content (AvgIpc) is 2.62. The van der Waals surface area contributed by atoms with Crippen LogP contribution in [0.2, 0.25) is 0 Å². The molecule has 2 atom stereocenters. The molecular formula is C21H29N. The summed E-state index contributed by atoms with van der Waals surface area (Å²) >= 11 is 0. The van der Waals surface area contributed by atoms with Crippen molar-refractivity contribution < 1.29 is 0 Å². The van der Waals surface area contributed by atoms with Crippen LogP contribution in [0.15, 0.2) is 36.4 Å². The van der Waals surface area contributed by atoms with Crippen molar-refractivity contribution in [2.24, 2.45) is 11.8 Å². The third-order valence-corrected chi connectivity index (χ3v) is 6.25. The largest absolute Gasteiger partial charge is 0.296 e. The van der Waals surface area contributed by atoms with E-state index in [1.165, 1.54) is 64.5 Å². The van der Waals surface area contributed by atoms with E-state index >= 15 is 0 Å². The molecule has 0 amide bonds. The molecule has 0 radical (unpaired) electrons. The van der Waals surface area contributed by atoms with Crippen molar-refractivity contribution in [2.45, 2.75) is 57.4 Å². The molecule has 4 rings (SSSR count). The van der Waals surface area contributed by atoms with E-state index in [4.69, 9.17) is 0 Å². The highest BCUT2D eigenvalue weighted by atomic mass is 15.2. The van der Waals surface area contributed by atoms with Gasteiger partial charge in [-0.2, -0.15) is 0 Å². The van der Waals surface area contributed by atoms with Gasteiger partial charge in [0, 0.05) is 6.04 Å². The number of allylic oxidation sites excluding steroid dienone is 2. The third kappa shape index (κ3) is 2.88. The molecule has 1 heteroatoms. The van der Waals surface area contributed by atoms with Crippen molar-refractivity contribution in [3.63, 3.8) is 0 Å². The van der Waals surface area contributed by atoms with E-state index in [0.29, 0.717) is 6.04 Å². The van der Waals surface area contributed by atoms with Crippen molar-refractivity contribution >= 4 is 0 Å². The number of aryl methyl sites for hydroxylation is 1. The van der Waals surface area contributed by atoms with E-state index in [0.717, 1.165) is 11.8 Å². The molecule has 0 aromatic heterocycles. The van der Waals surface area contributed by atoms with E-state index in [-0.39, 0.29) is 0 Å². The zero-order chi connectivity index (χ0) is 14.8. The summed E-state index contributed by atoms with van der Waals surface area (Å²) in [6.45, 7) is 2.63. The van der Waals surface area contributed by atoms with Crippen molar-refractivity contribution in [3.8, 4) is 0 Å². The van der Waals surface area contributed by atoms with Gasteiger partial charge >= 0.3 is 0 Å². The Labute approximate surface area is 135 Å². The number of hydrogen-bond acceptors (Lipinski definition) is 1. The minimum Gasteiger partial charge on any atom is -0.296 e. The van der Waals surface area contributed by atoms with Crippen LogP contribution >= 0.6 is 0 Å². The molecule has 0 bridgehead atoms. The molecule has 0 N–H and O–H groups in total. The van der Waals surface area contributed by atoms with Crippen LogP contribution in [0, 0.1) is 11.8 Å². The Morgan fingerprint density at radius 2 is 1.77 bits per heavy atom. The molecule has 1 unspecified atom stereocenters. The monoisotopic (exact) mass is 295 g/mol.